The topological polar surface area (TPSA) is 83.0 Å². The second kappa shape index (κ2) is 11.9. The van der Waals surface area contributed by atoms with Crippen LogP contribution in [-0.2, 0) is 14.3 Å². The van der Waals surface area contributed by atoms with Crippen molar-refractivity contribution in [2.24, 2.45) is 4.99 Å². The van der Waals surface area contributed by atoms with Crippen molar-refractivity contribution in [3.05, 3.63) is 70.9 Å². The molecule has 2 aromatic carbocycles. The maximum atomic E-state index is 12.8. The lowest BCUT2D eigenvalue weighted by Gasteiger charge is -2.26. The first-order valence-electron chi connectivity index (χ1n) is 11.7. The number of carbonyl (C=O) groups is 2. The average Bonchev–Trinajstić information content (AvgIpc) is 2.82. The molecular formula is C27H34N4O3S. The summed E-state index contributed by atoms with van der Waals surface area (Å²) >= 11 is 1.31. The molecule has 0 aliphatic carbocycles. The first-order valence-corrected chi connectivity index (χ1v) is 12.7. The van der Waals surface area contributed by atoms with E-state index in [1.54, 1.807) is 6.92 Å². The summed E-state index contributed by atoms with van der Waals surface area (Å²) in [6.07, 6.45) is 0. The third-order valence-corrected chi connectivity index (χ3v) is 6.52. The molecule has 7 nitrogen and oxygen atoms in total. The maximum absolute atomic E-state index is 12.8. The van der Waals surface area contributed by atoms with E-state index in [9.17, 15) is 9.59 Å². The molecule has 3 rings (SSSR count). The monoisotopic (exact) mass is 494 g/mol. The van der Waals surface area contributed by atoms with Crippen LogP contribution in [0.1, 0.15) is 50.8 Å². The number of amides is 1. The number of aliphatic imine (C=N–C) groups is 1. The van der Waals surface area contributed by atoms with Crippen molar-refractivity contribution >= 4 is 40.2 Å². The molecule has 1 aliphatic heterocycles. The highest BCUT2D eigenvalue weighted by atomic mass is 32.2. The smallest absolute Gasteiger partial charge is 0.338 e. The van der Waals surface area contributed by atoms with Gasteiger partial charge in [0.1, 0.15) is 6.04 Å². The summed E-state index contributed by atoms with van der Waals surface area (Å²) in [5.41, 5.74) is 5.01. The summed E-state index contributed by atoms with van der Waals surface area (Å²) in [5.74, 6) is -0.0170. The number of para-hydroxylation sites is 1. The van der Waals surface area contributed by atoms with Gasteiger partial charge in [-0.25, -0.2) is 9.79 Å². The van der Waals surface area contributed by atoms with Crippen LogP contribution >= 0.6 is 11.8 Å². The van der Waals surface area contributed by atoms with E-state index in [-0.39, 0.29) is 18.3 Å². The molecule has 0 fully saturated rings. The Labute approximate surface area is 212 Å². The molecule has 1 heterocycles. The summed E-state index contributed by atoms with van der Waals surface area (Å²) in [6.45, 7) is 8.10. The van der Waals surface area contributed by atoms with Gasteiger partial charge in [0.2, 0.25) is 5.91 Å². The normalized spacial score (nSPS) is 15.4. The highest BCUT2D eigenvalue weighted by molar-refractivity contribution is 8.14. The predicted molar refractivity (Wildman–Crippen MR) is 145 cm³/mol. The van der Waals surface area contributed by atoms with Gasteiger partial charge in [0, 0.05) is 31.2 Å². The molecule has 35 heavy (non-hydrogen) atoms. The summed E-state index contributed by atoms with van der Waals surface area (Å²) in [6, 6.07) is 15.3. The Hall–Kier alpha value is -3.26. The molecule has 0 unspecified atom stereocenters. The number of ether oxygens (including phenoxy) is 1. The van der Waals surface area contributed by atoms with Gasteiger partial charge >= 0.3 is 5.97 Å². The molecule has 2 N–H and O–H groups in total. The molecule has 186 valence electrons. The second-order valence-corrected chi connectivity index (χ2v) is 9.75. The van der Waals surface area contributed by atoms with Crippen molar-refractivity contribution in [2.45, 2.75) is 39.7 Å². The number of hydrogen-bond acceptors (Lipinski definition) is 7. The van der Waals surface area contributed by atoms with Gasteiger partial charge in [-0.1, -0.05) is 55.9 Å². The maximum Gasteiger partial charge on any atom is 0.338 e. The lowest BCUT2D eigenvalue weighted by Crippen LogP contribution is -2.31. The molecule has 0 spiro atoms. The van der Waals surface area contributed by atoms with Crippen molar-refractivity contribution < 1.29 is 14.3 Å². The molecule has 0 radical (unpaired) electrons. The SMILES string of the molecule is CCOC(=O)C1=C(C)NC(SCC(=O)Nc2ccccc2C(C)C)=N[C@H]1c1ccc(N(C)C)cc1. The minimum atomic E-state index is -0.515. The number of carbonyl (C=O) groups excluding carboxylic acids is 2. The molecule has 2 aromatic rings. The standard InChI is InChI=1S/C27H34N4O3S/c1-7-34-26(33)24-18(4)28-27(30-25(24)19-12-14-20(15-13-19)31(5)6)35-16-23(32)29-22-11-9-8-10-21(22)17(2)3/h8-15,17,25H,7,16H2,1-6H3,(H,28,30)(H,29,32)/t25-/m0/s1. The molecular weight excluding hydrogens is 460 g/mol. The van der Waals surface area contributed by atoms with Crippen molar-refractivity contribution in [1.82, 2.24) is 5.32 Å². The van der Waals surface area contributed by atoms with Crippen LogP contribution in [0, 0.1) is 0 Å². The first-order chi connectivity index (χ1) is 16.7. The van der Waals surface area contributed by atoms with Crippen LogP contribution in [0.4, 0.5) is 11.4 Å². The Morgan fingerprint density at radius 3 is 2.46 bits per heavy atom. The fourth-order valence-electron chi connectivity index (χ4n) is 3.82. The number of thioether (sulfide) groups is 1. The minimum Gasteiger partial charge on any atom is -0.463 e. The average molecular weight is 495 g/mol. The van der Waals surface area contributed by atoms with Gasteiger partial charge < -0.3 is 20.3 Å². The molecule has 0 bridgehead atoms. The number of esters is 1. The van der Waals surface area contributed by atoms with Crippen molar-refractivity contribution in [2.75, 3.05) is 36.7 Å². The van der Waals surface area contributed by atoms with E-state index in [0.717, 1.165) is 22.5 Å². The highest BCUT2D eigenvalue weighted by Crippen LogP contribution is 2.34. The molecule has 0 saturated heterocycles. The third-order valence-electron chi connectivity index (χ3n) is 5.64. The fourth-order valence-corrected chi connectivity index (χ4v) is 4.57. The lowest BCUT2D eigenvalue weighted by atomic mass is 9.96. The van der Waals surface area contributed by atoms with E-state index >= 15 is 0 Å². The number of rotatable bonds is 8. The molecule has 0 saturated carbocycles. The van der Waals surface area contributed by atoms with E-state index in [1.807, 2.05) is 74.4 Å². The highest BCUT2D eigenvalue weighted by Gasteiger charge is 2.30. The summed E-state index contributed by atoms with van der Waals surface area (Å²) in [5, 5.41) is 6.79. The van der Waals surface area contributed by atoms with Crippen molar-refractivity contribution in [3.63, 3.8) is 0 Å². The van der Waals surface area contributed by atoms with Gasteiger partial charge in [0.05, 0.1) is 17.9 Å². The third kappa shape index (κ3) is 6.66. The predicted octanol–water partition coefficient (Wildman–Crippen LogP) is 5.09. The zero-order chi connectivity index (χ0) is 25.5. The number of anilines is 2. The molecule has 0 aromatic heterocycles. The van der Waals surface area contributed by atoms with Gasteiger partial charge in [-0.15, -0.1) is 0 Å². The Balaban J connectivity index is 1.79. The van der Waals surface area contributed by atoms with Crippen LogP contribution in [0.25, 0.3) is 0 Å². The van der Waals surface area contributed by atoms with Crippen LogP contribution in [0.2, 0.25) is 0 Å². The molecule has 8 heteroatoms. The molecule has 1 amide bonds. The van der Waals surface area contributed by atoms with Crippen molar-refractivity contribution in [1.29, 1.82) is 0 Å². The number of amidine groups is 1. The first kappa shape index (κ1) is 26.3. The van der Waals surface area contributed by atoms with E-state index in [4.69, 9.17) is 9.73 Å². The van der Waals surface area contributed by atoms with Gasteiger partial charge in [0.25, 0.3) is 0 Å². The van der Waals surface area contributed by atoms with Crippen LogP contribution < -0.4 is 15.5 Å². The van der Waals surface area contributed by atoms with E-state index in [0.29, 0.717) is 22.4 Å². The Kier molecular flexibility index (Phi) is 8.98. The number of benzene rings is 2. The summed E-state index contributed by atoms with van der Waals surface area (Å²) in [7, 11) is 3.95. The van der Waals surface area contributed by atoms with Gasteiger partial charge in [0.15, 0.2) is 5.17 Å². The van der Waals surface area contributed by atoms with Crippen molar-refractivity contribution in [3.8, 4) is 0 Å². The number of nitrogens with one attached hydrogen (secondary N) is 2. The van der Waals surface area contributed by atoms with E-state index in [1.165, 1.54) is 11.8 Å². The molecule has 1 atom stereocenters. The summed E-state index contributed by atoms with van der Waals surface area (Å²) in [4.78, 5) is 32.3. The molecule has 1 aliphatic rings. The van der Waals surface area contributed by atoms with E-state index < -0.39 is 12.0 Å². The Morgan fingerprint density at radius 1 is 1.14 bits per heavy atom. The number of nitrogens with zero attached hydrogens (tertiary/aromatic N) is 2. The Bertz CT molecular complexity index is 1120. The zero-order valence-corrected chi connectivity index (χ0v) is 22.0. The quantitative estimate of drug-likeness (QED) is 0.498. The Morgan fingerprint density at radius 2 is 1.83 bits per heavy atom. The van der Waals surface area contributed by atoms with Gasteiger partial charge in [-0.3, -0.25) is 4.79 Å². The minimum absolute atomic E-state index is 0.114. The largest absolute Gasteiger partial charge is 0.463 e. The summed E-state index contributed by atoms with van der Waals surface area (Å²) < 4.78 is 5.31. The fraction of sp³-hybridized carbons (Fsp3) is 0.370. The van der Waals surface area contributed by atoms with E-state index in [2.05, 4.69) is 24.5 Å². The van der Waals surface area contributed by atoms with Crippen LogP contribution in [0.15, 0.2) is 64.8 Å². The second-order valence-electron chi connectivity index (χ2n) is 8.79. The van der Waals surface area contributed by atoms with Gasteiger partial charge in [-0.05, 0) is 49.1 Å². The zero-order valence-electron chi connectivity index (χ0n) is 21.2. The number of hydrogen-bond donors (Lipinski definition) is 2. The lowest BCUT2D eigenvalue weighted by molar-refractivity contribution is -0.139. The van der Waals surface area contributed by atoms with Gasteiger partial charge in [-0.2, -0.15) is 0 Å². The van der Waals surface area contributed by atoms with Crippen LogP contribution in [0.5, 0.6) is 0 Å². The van der Waals surface area contributed by atoms with Crippen LogP contribution in [-0.4, -0.2) is 43.5 Å². The van der Waals surface area contributed by atoms with Crippen LogP contribution in [0.3, 0.4) is 0 Å². The number of allylic oxidation sites excluding steroid dienone is 1.